The van der Waals surface area contributed by atoms with E-state index in [2.05, 4.69) is 0 Å². The van der Waals surface area contributed by atoms with E-state index in [4.69, 9.17) is 18.9 Å². The third-order valence-electron chi connectivity index (χ3n) is 6.94. The number of carbonyl (C=O) groups excluding carboxylic acids is 1. The van der Waals surface area contributed by atoms with E-state index < -0.39 is 61.5 Å². The van der Waals surface area contributed by atoms with Crippen LogP contribution in [0, 0.1) is 11.8 Å². The Kier molecular flexibility index (Phi) is 10.1. The summed E-state index contributed by atoms with van der Waals surface area (Å²) in [5, 5.41) is 49.2. The van der Waals surface area contributed by atoms with Crippen LogP contribution in [0.5, 0.6) is 0 Å². The van der Waals surface area contributed by atoms with E-state index in [0.29, 0.717) is 11.5 Å². The summed E-state index contributed by atoms with van der Waals surface area (Å²) in [6, 6.07) is 0. The fourth-order valence-electron chi connectivity index (χ4n) is 4.86. The molecule has 11 nitrogen and oxygen atoms in total. The lowest BCUT2D eigenvalue weighted by atomic mass is 9.86. The number of hydrogen-bond acceptors (Lipinski definition) is 10. The lowest BCUT2D eigenvalue weighted by Crippen LogP contribution is -2.60. The van der Waals surface area contributed by atoms with Crippen molar-refractivity contribution in [3.8, 4) is 0 Å². The van der Waals surface area contributed by atoms with Crippen molar-refractivity contribution in [2.45, 2.75) is 88.9 Å². The number of aliphatic hydroxyl groups is 4. The average Bonchev–Trinajstić information content (AvgIpc) is 2.85. The molecule has 35 heavy (non-hydrogen) atoms. The van der Waals surface area contributed by atoms with Gasteiger partial charge in [-0.3, -0.25) is 4.79 Å². The second-order valence-corrected chi connectivity index (χ2v) is 9.24. The van der Waals surface area contributed by atoms with Gasteiger partial charge in [0.25, 0.3) is 0 Å². The van der Waals surface area contributed by atoms with Crippen LogP contribution in [-0.2, 0) is 28.5 Å². The zero-order chi connectivity index (χ0) is 25.5. The molecular formula is C24H36O11. The Morgan fingerprint density at radius 1 is 1.11 bits per heavy atom. The lowest BCUT2D eigenvalue weighted by molar-refractivity contribution is -0.327. The van der Waals surface area contributed by atoms with Gasteiger partial charge in [-0.1, -0.05) is 38.2 Å². The molecule has 0 bridgehead atoms. The van der Waals surface area contributed by atoms with Crippen LogP contribution in [-0.4, -0.2) is 87.7 Å². The molecule has 3 aliphatic rings. The summed E-state index contributed by atoms with van der Waals surface area (Å²) in [5.74, 6) is -2.19. The van der Waals surface area contributed by atoms with Gasteiger partial charge in [-0.15, -0.1) is 0 Å². The smallest absolute Gasteiger partial charge is 0.335 e. The molecule has 7 atom stereocenters. The van der Waals surface area contributed by atoms with Crippen LogP contribution in [0.15, 0.2) is 23.5 Å². The Balaban J connectivity index is 1.66. The van der Waals surface area contributed by atoms with Crippen LogP contribution in [0.4, 0.5) is 0 Å². The minimum atomic E-state index is -1.66. The first kappa shape index (κ1) is 27.6. The van der Waals surface area contributed by atoms with Gasteiger partial charge in [0, 0.05) is 11.5 Å². The van der Waals surface area contributed by atoms with Crippen molar-refractivity contribution in [3.05, 3.63) is 23.5 Å². The molecule has 5 N–H and O–H groups in total. The minimum Gasteiger partial charge on any atom is -0.478 e. The van der Waals surface area contributed by atoms with E-state index in [-0.39, 0.29) is 18.6 Å². The van der Waals surface area contributed by atoms with Gasteiger partial charge < -0.3 is 44.5 Å². The summed E-state index contributed by atoms with van der Waals surface area (Å²) in [6.45, 7) is 1.26. The van der Waals surface area contributed by atoms with Crippen molar-refractivity contribution in [1.82, 2.24) is 0 Å². The number of allylic oxidation sites excluding steroid dienone is 1. The number of carbonyl (C=O) groups is 2. The fourth-order valence-corrected chi connectivity index (χ4v) is 4.86. The van der Waals surface area contributed by atoms with Gasteiger partial charge in [-0.05, 0) is 19.3 Å². The van der Waals surface area contributed by atoms with Crippen LogP contribution in [0.3, 0.4) is 0 Å². The van der Waals surface area contributed by atoms with Crippen LogP contribution in [0.1, 0.15) is 51.9 Å². The Bertz CT molecular complexity index is 786. The van der Waals surface area contributed by atoms with Crippen molar-refractivity contribution >= 4 is 11.9 Å². The molecule has 1 aliphatic carbocycles. The Hall–Kier alpha value is -2.02. The molecule has 0 aromatic heterocycles. The van der Waals surface area contributed by atoms with Gasteiger partial charge in [-0.25, -0.2) is 4.79 Å². The van der Waals surface area contributed by atoms with Gasteiger partial charge in [0.15, 0.2) is 6.29 Å². The molecule has 2 heterocycles. The third-order valence-corrected chi connectivity index (χ3v) is 6.94. The highest BCUT2D eigenvalue weighted by molar-refractivity contribution is 5.89. The second-order valence-electron chi connectivity index (χ2n) is 9.24. The monoisotopic (exact) mass is 500 g/mol. The molecule has 0 unspecified atom stereocenters. The maximum atomic E-state index is 12.6. The largest absolute Gasteiger partial charge is 0.478 e. The normalized spacial score (nSPS) is 35.3. The molecule has 0 aromatic carbocycles. The first-order chi connectivity index (χ1) is 16.8. The van der Waals surface area contributed by atoms with E-state index in [1.165, 1.54) is 19.3 Å². The Labute approximate surface area is 203 Å². The third kappa shape index (κ3) is 6.81. The topological polar surface area (TPSA) is 172 Å². The molecule has 3 rings (SSSR count). The van der Waals surface area contributed by atoms with Gasteiger partial charge in [0.1, 0.15) is 24.4 Å². The highest BCUT2D eigenvalue weighted by Gasteiger charge is 2.46. The van der Waals surface area contributed by atoms with Crippen molar-refractivity contribution in [2.24, 2.45) is 11.8 Å². The quantitative estimate of drug-likeness (QED) is 0.222. The zero-order valence-corrected chi connectivity index (χ0v) is 19.8. The molecule has 0 aromatic rings. The summed E-state index contributed by atoms with van der Waals surface area (Å²) in [5.41, 5.74) is 0.141. The van der Waals surface area contributed by atoms with E-state index in [1.807, 2.05) is 0 Å². The van der Waals surface area contributed by atoms with Gasteiger partial charge in [0.2, 0.25) is 6.29 Å². The molecule has 0 amide bonds. The predicted molar refractivity (Wildman–Crippen MR) is 119 cm³/mol. The number of esters is 1. The van der Waals surface area contributed by atoms with Gasteiger partial charge >= 0.3 is 11.9 Å². The molecule has 11 heteroatoms. The van der Waals surface area contributed by atoms with Crippen LogP contribution >= 0.6 is 0 Å². The maximum Gasteiger partial charge on any atom is 0.335 e. The van der Waals surface area contributed by atoms with Crippen molar-refractivity contribution in [2.75, 3.05) is 13.2 Å². The van der Waals surface area contributed by atoms with Crippen LogP contribution in [0.2, 0.25) is 0 Å². The summed E-state index contributed by atoms with van der Waals surface area (Å²) >= 11 is 0. The van der Waals surface area contributed by atoms with E-state index in [0.717, 1.165) is 25.5 Å². The number of carboxylic acid groups (broad SMARTS) is 1. The van der Waals surface area contributed by atoms with Crippen LogP contribution < -0.4 is 0 Å². The first-order valence-electron chi connectivity index (χ1n) is 12.1. The molecule has 2 fully saturated rings. The van der Waals surface area contributed by atoms with E-state index in [1.54, 1.807) is 13.0 Å². The first-order valence-corrected chi connectivity index (χ1v) is 12.1. The Morgan fingerprint density at radius 3 is 2.46 bits per heavy atom. The lowest BCUT2D eigenvalue weighted by Gasteiger charge is -2.41. The summed E-state index contributed by atoms with van der Waals surface area (Å²) in [4.78, 5) is 24.4. The number of carboxylic acids is 1. The highest BCUT2D eigenvalue weighted by Crippen LogP contribution is 2.36. The maximum absolute atomic E-state index is 12.6. The SMILES string of the molecule is C/C=C1/[C@H](O[C@@H]2O[C@H](CO)[C@@H](O)[C@H](O)[C@H]2O)OC=C(C(=O)O)[C@H]1CC(=O)OCCC1CCCCC1. The number of hydrogen-bond donors (Lipinski definition) is 5. The van der Waals surface area contributed by atoms with Crippen LogP contribution in [0.25, 0.3) is 0 Å². The highest BCUT2D eigenvalue weighted by atomic mass is 16.8. The summed E-state index contributed by atoms with van der Waals surface area (Å²) in [6.07, 6.45) is 0.130. The van der Waals surface area contributed by atoms with Gasteiger partial charge in [-0.2, -0.15) is 0 Å². The zero-order valence-electron chi connectivity index (χ0n) is 19.8. The molecule has 0 spiro atoms. The second kappa shape index (κ2) is 12.8. The minimum absolute atomic E-state index is 0.156. The van der Waals surface area contributed by atoms with Gasteiger partial charge in [0.05, 0.1) is 31.5 Å². The molecule has 0 radical (unpaired) electrons. The molecule has 1 saturated carbocycles. The standard InChI is InChI=1S/C24H36O11/c1-2-14-15(10-18(26)32-9-8-13-6-4-3-5-7-13)16(22(30)31)12-33-23(14)35-24-21(29)20(28)19(27)17(11-25)34-24/h2,12-13,15,17,19-21,23-25,27-29H,3-11H2,1H3,(H,30,31)/b14-2+/t15-,17+,19+,20-,21+,23-,24-/m0/s1. The molecule has 198 valence electrons. The van der Waals surface area contributed by atoms with Crippen molar-refractivity contribution in [3.63, 3.8) is 0 Å². The fraction of sp³-hybridized carbons (Fsp3) is 0.750. The molecule has 1 saturated heterocycles. The molecular weight excluding hydrogens is 464 g/mol. The molecule has 2 aliphatic heterocycles. The predicted octanol–water partition coefficient (Wildman–Crippen LogP) is 0.594. The average molecular weight is 501 g/mol. The summed E-state index contributed by atoms with van der Waals surface area (Å²) < 4.78 is 21.9. The van der Waals surface area contributed by atoms with E-state index in [9.17, 15) is 35.1 Å². The number of aliphatic hydroxyl groups excluding tert-OH is 4. The summed E-state index contributed by atoms with van der Waals surface area (Å²) in [7, 11) is 0. The Morgan fingerprint density at radius 2 is 1.83 bits per heavy atom. The van der Waals surface area contributed by atoms with E-state index >= 15 is 0 Å². The number of ether oxygens (including phenoxy) is 4. The number of rotatable bonds is 9. The van der Waals surface area contributed by atoms with Crippen molar-refractivity contribution < 1.29 is 54.1 Å². The van der Waals surface area contributed by atoms with Crippen molar-refractivity contribution in [1.29, 1.82) is 0 Å². The number of aliphatic carboxylic acids is 1.